The minimum absolute atomic E-state index is 0.182. The molecule has 2 aromatic rings. The zero-order valence-electron chi connectivity index (χ0n) is 9.36. The molecule has 0 bridgehead atoms. The normalized spacial score (nSPS) is 12.1. The summed E-state index contributed by atoms with van der Waals surface area (Å²) in [7, 11) is 0. The first-order valence-corrected chi connectivity index (χ1v) is 5.21. The highest BCUT2D eigenvalue weighted by molar-refractivity contribution is 5.39. The first-order valence-electron chi connectivity index (χ1n) is 5.21. The number of hydrogen-bond donors (Lipinski definition) is 1. The van der Waals surface area contributed by atoms with Gasteiger partial charge in [0, 0.05) is 18.3 Å². The predicted octanol–water partition coefficient (Wildman–Crippen LogP) is 2.74. The summed E-state index contributed by atoms with van der Waals surface area (Å²) in [5, 5.41) is 8.93. The molecule has 16 heavy (non-hydrogen) atoms. The second kappa shape index (κ2) is 4.19. The van der Waals surface area contributed by atoms with E-state index in [2.05, 4.69) is 29.0 Å². The quantitative estimate of drug-likeness (QED) is 0.830. The molecule has 0 amide bonds. The maximum atomic E-state index is 8.93. The molecular weight excluding hydrogens is 198 g/mol. The van der Waals surface area contributed by atoms with Crippen molar-refractivity contribution in [1.82, 2.24) is 9.97 Å². The van der Waals surface area contributed by atoms with Crippen LogP contribution in [0.5, 0.6) is 0 Å². The standard InChI is InChI=1S/C13H13N3/c1-9-5-11(8-14)7-12(6-9)10(2)13-15-3-4-16-13/h3-7,10H,1-2H3,(H,15,16)/t10-/m0/s1. The van der Waals surface area contributed by atoms with Crippen molar-refractivity contribution >= 4 is 0 Å². The highest BCUT2D eigenvalue weighted by atomic mass is 14.9. The van der Waals surface area contributed by atoms with Crippen LogP contribution >= 0.6 is 0 Å². The van der Waals surface area contributed by atoms with Gasteiger partial charge in [0.25, 0.3) is 0 Å². The molecule has 0 unspecified atom stereocenters. The molecule has 0 aliphatic heterocycles. The van der Waals surface area contributed by atoms with Crippen LogP contribution < -0.4 is 0 Å². The van der Waals surface area contributed by atoms with Crippen LogP contribution in [0.15, 0.2) is 30.6 Å². The molecule has 0 spiro atoms. The van der Waals surface area contributed by atoms with Crippen molar-refractivity contribution in [3.05, 3.63) is 53.1 Å². The van der Waals surface area contributed by atoms with Gasteiger partial charge in [-0.1, -0.05) is 13.0 Å². The molecule has 1 atom stereocenters. The van der Waals surface area contributed by atoms with E-state index in [4.69, 9.17) is 5.26 Å². The van der Waals surface area contributed by atoms with E-state index in [9.17, 15) is 0 Å². The van der Waals surface area contributed by atoms with Crippen molar-refractivity contribution in [2.24, 2.45) is 0 Å². The van der Waals surface area contributed by atoms with Crippen molar-refractivity contribution in [2.45, 2.75) is 19.8 Å². The number of benzene rings is 1. The molecule has 0 aliphatic carbocycles. The molecule has 0 saturated carbocycles. The fourth-order valence-electron chi connectivity index (χ4n) is 1.80. The topological polar surface area (TPSA) is 52.5 Å². The Hall–Kier alpha value is -2.08. The molecule has 0 fully saturated rings. The molecule has 1 aromatic carbocycles. The minimum Gasteiger partial charge on any atom is -0.348 e. The number of rotatable bonds is 2. The van der Waals surface area contributed by atoms with Gasteiger partial charge >= 0.3 is 0 Å². The summed E-state index contributed by atoms with van der Waals surface area (Å²) >= 11 is 0. The van der Waals surface area contributed by atoms with Crippen LogP contribution in [-0.2, 0) is 0 Å². The summed E-state index contributed by atoms with van der Waals surface area (Å²) < 4.78 is 0. The predicted molar refractivity (Wildman–Crippen MR) is 62.0 cm³/mol. The van der Waals surface area contributed by atoms with E-state index in [1.807, 2.05) is 25.3 Å². The van der Waals surface area contributed by atoms with Gasteiger partial charge in [-0.05, 0) is 30.2 Å². The lowest BCUT2D eigenvalue weighted by atomic mass is 9.96. The number of imidazole rings is 1. The van der Waals surface area contributed by atoms with E-state index >= 15 is 0 Å². The molecule has 80 valence electrons. The Kier molecular flexibility index (Phi) is 2.74. The Morgan fingerprint density at radius 1 is 1.38 bits per heavy atom. The van der Waals surface area contributed by atoms with Gasteiger partial charge in [-0.15, -0.1) is 0 Å². The average Bonchev–Trinajstić information content (AvgIpc) is 2.80. The maximum Gasteiger partial charge on any atom is 0.113 e. The number of nitrogens with zero attached hydrogens (tertiary/aromatic N) is 2. The van der Waals surface area contributed by atoms with Crippen LogP contribution in [0.2, 0.25) is 0 Å². The van der Waals surface area contributed by atoms with E-state index in [0.717, 1.165) is 17.0 Å². The first-order chi connectivity index (χ1) is 7.70. The number of H-pyrrole nitrogens is 1. The van der Waals surface area contributed by atoms with E-state index < -0.39 is 0 Å². The molecule has 2 rings (SSSR count). The molecule has 1 aromatic heterocycles. The molecule has 0 aliphatic rings. The third kappa shape index (κ3) is 1.96. The second-order valence-electron chi connectivity index (χ2n) is 3.94. The summed E-state index contributed by atoms with van der Waals surface area (Å²) in [6.45, 7) is 4.08. The van der Waals surface area contributed by atoms with Gasteiger partial charge in [0.05, 0.1) is 11.6 Å². The van der Waals surface area contributed by atoms with Gasteiger partial charge in [-0.2, -0.15) is 5.26 Å². The van der Waals surface area contributed by atoms with Crippen molar-refractivity contribution in [3.8, 4) is 6.07 Å². The van der Waals surface area contributed by atoms with Crippen LogP contribution in [0, 0.1) is 18.3 Å². The van der Waals surface area contributed by atoms with Gasteiger partial charge in [-0.3, -0.25) is 0 Å². The zero-order valence-corrected chi connectivity index (χ0v) is 9.36. The van der Waals surface area contributed by atoms with Gasteiger partial charge in [0.2, 0.25) is 0 Å². The van der Waals surface area contributed by atoms with Crippen molar-refractivity contribution in [3.63, 3.8) is 0 Å². The molecule has 0 radical (unpaired) electrons. The third-order valence-electron chi connectivity index (χ3n) is 2.66. The van der Waals surface area contributed by atoms with Crippen LogP contribution in [0.3, 0.4) is 0 Å². The summed E-state index contributed by atoms with van der Waals surface area (Å²) in [6.07, 6.45) is 3.56. The number of aromatic nitrogens is 2. The van der Waals surface area contributed by atoms with Crippen LogP contribution in [0.1, 0.15) is 35.4 Å². The molecule has 3 heteroatoms. The smallest absolute Gasteiger partial charge is 0.113 e. The fraction of sp³-hybridized carbons (Fsp3) is 0.231. The lowest BCUT2D eigenvalue weighted by molar-refractivity contribution is 0.838. The van der Waals surface area contributed by atoms with Crippen molar-refractivity contribution < 1.29 is 0 Å². The Bertz CT molecular complexity index is 521. The fourth-order valence-corrected chi connectivity index (χ4v) is 1.80. The lowest BCUT2D eigenvalue weighted by Crippen LogP contribution is -1.99. The molecule has 1 heterocycles. The van der Waals surface area contributed by atoms with Gasteiger partial charge < -0.3 is 4.98 Å². The van der Waals surface area contributed by atoms with Crippen LogP contribution in [0.25, 0.3) is 0 Å². The first kappa shape index (κ1) is 10.4. The maximum absolute atomic E-state index is 8.93. The Balaban J connectivity index is 2.41. The number of nitrogens with one attached hydrogen (secondary N) is 1. The SMILES string of the molecule is Cc1cc(C#N)cc([C@H](C)c2ncc[nH]2)c1. The number of aryl methyl sites for hydroxylation is 1. The van der Waals surface area contributed by atoms with Gasteiger partial charge in [-0.25, -0.2) is 4.98 Å². The van der Waals surface area contributed by atoms with Crippen molar-refractivity contribution in [2.75, 3.05) is 0 Å². The Morgan fingerprint density at radius 2 is 2.19 bits per heavy atom. The van der Waals surface area contributed by atoms with E-state index in [0.29, 0.717) is 5.56 Å². The Labute approximate surface area is 94.8 Å². The zero-order chi connectivity index (χ0) is 11.5. The van der Waals surface area contributed by atoms with E-state index in [1.54, 1.807) is 6.20 Å². The van der Waals surface area contributed by atoms with Gasteiger partial charge in [0.1, 0.15) is 5.82 Å². The lowest BCUT2D eigenvalue weighted by Gasteiger charge is -2.10. The monoisotopic (exact) mass is 211 g/mol. The van der Waals surface area contributed by atoms with Crippen LogP contribution in [-0.4, -0.2) is 9.97 Å². The van der Waals surface area contributed by atoms with E-state index in [-0.39, 0.29) is 5.92 Å². The molecular formula is C13H13N3. The van der Waals surface area contributed by atoms with Gasteiger partial charge in [0.15, 0.2) is 0 Å². The number of hydrogen-bond acceptors (Lipinski definition) is 2. The van der Waals surface area contributed by atoms with Crippen LogP contribution in [0.4, 0.5) is 0 Å². The average molecular weight is 211 g/mol. The second-order valence-corrected chi connectivity index (χ2v) is 3.94. The number of nitriles is 1. The summed E-state index contributed by atoms with van der Waals surface area (Å²) in [4.78, 5) is 7.34. The molecule has 3 nitrogen and oxygen atoms in total. The Morgan fingerprint density at radius 3 is 2.81 bits per heavy atom. The highest BCUT2D eigenvalue weighted by Gasteiger charge is 2.11. The largest absolute Gasteiger partial charge is 0.348 e. The minimum atomic E-state index is 0.182. The van der Waals surface area contributed by atoms with Crippen molar-refractivity contribution in [1.29, 1.82) is 5.26 Å². The summed E-state index contributed by atoms with van der Waals surface area (Å²) in [5.74, 6) is 1.11. The number of aromatic amines is 1. The molecule has 1 N–H and O–H groups in total. The summed E-state index contributed by atoms with van der Waals surface area (Å²) in [6, 6.07) is 8.07. The molecule has 0 saturated heterocycles. The van der Waals surface area contributed by atoms with E-state index in [1.165, 1.54) is 0 Å². The third-order valence-corrected chi connectivity index (χ3v) is 2.66. The highest BCUT2D eigenvalue weighted by Crippen LogP contribution is 2.23. The summed E-state index contributed by atoms with van der Waals surface area (Å²) in [5.41, 5.74) is 2.92.